The highest BCUT2D eigenvalue weighted by atomic mass is 32.2. The van der Waals surface area contributed by atoms with E-state index < -0.39 is 0 Å². The second-order valence-corrected chi connectivity index (χ2v) is 5.93. The summed E-state index contributed by atoms with van der Waals surface area (Å²) in [6.45, 7) is 5.12. The average molecular weight is 290 g/mol. The molecule has 0 atom stereocenters. The maximum Gasteiger partial charge on any atom is 0.189 e. The van der Waals surface area contributed by atoms with Gasteiger partial charge in [-0.1, -0.05) is 6.92 Å². The molecule has 0 radical (unpaired) electrons. The predicted molar refractivity (Wildman–Crippen MR) is 78.0 cm³/mol. The summed E-state index contributed by atoms with van der Waals surface area (Å²) in [7, 11) is 0. The van der Waals surface area contributed by atoms with Crippen molar-refractivity contribution in [2.45, 2.75) is 49.2 Å². The minimum absolute atomic E-state index is 0.534. The molecule has 2 heterocycles. The van der Waals surface area contributed by atoms with E-state index >= 15 is 0 Å². The molecular weight excluding hydrogens is 272 g/mol. The van der Waals surface area contributed by atoms with Crippen molar-refractivity contribution in [1.82, 2.24) is 25.1 Å². The molecule has 20 heavy (non-hydrogen) atoms. The lowest BCUT2D eigenvalue weighted by Gasteiger charge is -2.12. The van der Waals surface area contributed by atoms with Gasteiger partial charge in [0.15, 0.2) is 5.16 Å². The van der Waals surface area contributed by atoms with Crippen LogP contribution >= 0.6 is 11.8 Å². The first-order chi connectivity index (χ1) is 9.78. The van der Waals surface area contributed by atoms with Gasteiger partial charge >= 0.3 is 0 Å². The molecule has 0 bridgehead atoms. The van der Waals surface area contributed by atoms with Crippen molar-refractivity contribution >= 4 is 17.6 Å². The summed E-state index contributed by atoms with van der Waals surface area (Å²) in [6.07, 6.45) is 4.98. The highest BCUT2D eigenvalue weighted by Crippen LogP contribution is 2.40. The van der Waals surface area contributed by atoms with E-state index in [1.54, 1.807) is 0 Å². The summed E-state index contributed by atoms with van der Waals surface area (Å²) in [5, 5.41) is 11.8. The van der Waals surface area contributed by atoms with E-state index in [2.05, 4.69) is 32.4 Å². The Kier molecular flexibility index (Phi) is 3.86. The molecule has 0 aliphatic heterocycles. The highest BCUT2D eigenvalue weighted by molar-refractivity contribution is 7.99. The van der Waals surface area contributed by atoms with E-state index in [0.717, 1.165) is 40.4 Å². The van der Waals surface area contributed by atoms with E-state index in [4.69, 9.17) is 4.98 Å². The Morgan fingerprint density at radius 2 is 2.25 bits per heavy atom. The van der Waals surface area contributed by atoms with Gasteiger partial charge in [-0.2, -0.15) is 5.10 Å². The Hall–Kier alpha value is -1.63. The van der Waals surface area contributed by atoms with Crippen LogP contribution in [0.15, 0.2) is 16.5 Å². The molecule has 7 heteroatoms. The molecule has 106 valence electrons. The summed E-state index contributed by atoms with van der Waals surface area (Å²) in [5.74, 6) is 2.44. The lowest BCUT2D eigenvalue weighted by atomic mass is 10.3. The van der Waals surface area contributed by atoms with Crippen LogP contribution in [-0.4, -0.2) is 31.7 Å². The van der Waals surface area contributed by atoms with Gasteiger partial charge in [0.05, 0.1) is 0 Å². The Balaban J connectivity index is 1.91. The summed E-state index contributed by atoms with van der Waals surface area (Å²) in [5.41, 5.74) is 1.07. The zero-order valence-electron chi connectivity index (χ0n) is 11.7. The number of aromatic amines is 1. The fourth-order valence-corrected chi connectivity index (χ4v) is 2.66. The third kappa shape index (κ3) is 2.92. The topological polar surface area (TPSA) is 79.4 Å². The molecule has 1 aliphatic rings. The number of aromatic nitrogens is 5. The molecule has 1 fully saturated rings. The Labute approximate surface area is 122 Å². The van der Waals surface area contributed by atoms with E-state index in [9.17, 15) is 0 Å². The third-order valence-electron chi connectivity index (χ3n) is 3.19. The Bertz CT molecular complexity index is 579. The number of H-pyrrole nitrogens is 1. The zero-order chi connectivity index (χ0) is 13.9. The average Bonchev–Trinajstić information content (AvgIpc) is 3.18. The molecule has 3 rings (SSSR count). The number of hydrogen-bond donors (Lipinski definition) is 2. The van der Waals surface area contributed by atoms with Crippen LogP contribution in [0.25, 0.3) is 0 Å². The highest BCUT2D eigenvalue weighted by Gasteiger charge is 2.28. The van der Waals surface area contributed by atoms with E-state index in [1.165, 1.54) is 30.9 Å². The van der Waals surface area contributed by atoms with Crippen molar-refractivity contribution in [2.24, 2.45) is 0 Å². The minimum Gasteiger partial charge on any atom is -0.370 e. The van der Waals surface area contributed by atoms with Crippen LogP contribution in [0.5, 0.6) is 0 Å². The van der Waals surface area contributed by atoms with Crippen LogP contribution in [-0.2, 0) is 0 Å². The molecule has 0 saturated heterocycles. The molecule has 2 N–H and O–H groups in total. The Morgan fingerprint density at radius 3 is 2.90 bits per heavy atom. The first-order valence-electron chi connectivity index (χ1n) is 6.93. The molecular formula is C13H18N6S. The summed E-state index contributed by atoms with van der Waals surface area (Å²) in [4.78, 5) is 13.5. The van der Waals surface area contributed by atoms with Gasteiger partial charge in [0.1, 0.15) is 23.0 Å². The first kappa shape index (κ1) is 13.4. The van der Waals surface area contributed by atoms with Crippen LogP contribution in [0.1, 0.15) is 43.5 Å². The summed E-state index contributed by atoms with van der Waals surface area (Å²) < 4.78 is 0. The lowest BCUT2D eigenvalue weighted by Crippen LogP contribution is -2.08. The van der Waals surface area contributed by atoms with Crippen LogP contribution < -0.4 is 5.32 Å². The van der Waals surface area contributed by atoms with Gasteiger partial charge in [0, 0.05) is 18.0 Å². The number of rotatable bonds is 6. The smallest absolute Gasteiger partial charge is 0.189 e. The van der Waals surface area contributed by atoms with Gasteiger partial charge in [-0.15, -0.1) is 0 Å². The normalized spacial score (nSPS) is 14.5. The third-order valence-corrected chi connectivity index (χ3v) is 4.17. The Morgan fingerprint density at radius 1 is 1.40 bits per heavy atom. The monoisotopic (exact) mass is 290 g/mol. The number of nitrogens with zero attached hydrogens (tertiary/aromatic N) is 4. The predicted octanol–water partition coefficient (Wildman–Crippen LogP) is 2.75. The summed E-state index contributed by atoms with van der Waals surface area (Å²) >= 11 is 1.51. The van der Waals surface area contributed by atoms with Crippen molar-refractivity contribution in [1.29, 1.82) is 0 Å². The first-order valence-corrected chi connectivity index (χ1v) is 7.75. The van der Waals surface area contributed by atoms with Gasteiger partial charge < -0.3 is 5.32 Å². The quantitative estimate of drug-likeness (QED) is 0.796. The number of anilines is 1. The zero-order valence-corrected chi connectivity index (χ0v) is 12.5. The van der Waals surface area contributed by atoms with Crippen LogP contribution in [0.4, 0.5) is 5.82 Å². The molecule has 2 aromatic rings. The second kappa shape index (κ2) is 5.78. The van der Waals surface area contributed by atoms with Crippen molar-refractivity contribution < 1.29 is 0 Å². The molecule has 0 amide bonds. The SMILES string of the molecule is CCCNc1nc(C2CC2)nc(Sc2ncn[nH]2)c1C. The van der Waals surface area contributed by atoms with Gasteiger partial charge in [-0.05, 0) is 37.9 Å². The number of nitrogens with one attached hydrogen (secondary N) is 2. The molecule has 6 nitrogen and oxygen atoms in total. The van der Waals surface area contributed by atoms with E-state index in [0.29, 0.717) is 5.92 Å². The molecule has 0 spiro atoms. The standard InChI is InChI=1S/C13H18N6S/c1-3-6-14-10-8(2)12(20-13-15-7-16-19-13)18-11(17-10)9-4-5-9/h7,9H,3-6H2,1-2H3,(H,14,17,18)(H,15,16,19). The van der Waals surface area contributed by atoms with Crippen molar-refractivity contribution in [3.8, 4) is 0 Å². The van der Waals surface area contributed by atoms with Crippen LogP contribution in [0.3, 0.4) is 0 Å². The van der Waals surface area contributed by atoms with Crippen molar-refractivity contribution in [3.63, 3.8) is 0 Å². The van der Waals surface area contributed by atoms with Gasteiger partial charge in [0.2, 0.25) is 0 Å². The fourth-order valence-electron chi connectivity index (χ4n) is 1.89. The molecule has 0 unspecified atom stereocenters. The molecule has 0 aromatic carbocycles. The van der Waals surface area contributed by atoms with Gasteiger partial charge in [-0.25, -0.2) is 15.0 Å². The van der Waals surface area contributed by atoms with Gasteiger partial charge in [0.25, 0.3) is 0 Å². The van der Waals surface area contributed by atoms with Crippen LogP contribution in [0, 0.1) is 6.92 Å². The lowest BCUT2D eigenvalue weighted by molar-refractivity contribution is 0.850. The maximum atomic E-state index is 4.70. The number of hydrogen-bond acceptors (Lipinski definition) is 6. The summed E-state index contributed by atoms with van der Waals surface area (Å²) in [6, 6.07) is 0. The fraction of sp³-hybridized carbons (Fsp3) is 0.538. The largest absolute Gasteiger partial charge is 0.370 e. The van der Waals surface area contributed by atoms with E-state index in [1.807, 2.05) is 6.92 Å². The minimum atomic E-state index is 0.534. The van der Waals surface area contributed by atoms with E-state index in [-0.39, 0.29) is 0 Å². The van der Waals surface area contributed by atoms with Gasteiger partial charge in [-0.3, -0.25) is 5.10 Å². The second-order valence-electron chi connectivity index (χ2n) is 4.95. The molecule has 1 saturated carbocycles. The van der Waals surface area contributed by atoms with Crippen molar-refractivity contribution in [3.05, 3.63) is 17.7 Å². The molecule has 2 aromatic heterocycles. The molecule has 1 aliphatic carbocycles. The maximum absolute atomic E-state index is 4.70. The van der Waals surface area contributed by atoms with Crippen molar-refractivity contribution in [2.75, 3.05) is 11.9 Å². The van der Waals surface area contributed by atoms with Crippen LogP contribution in [0.2, 0.25) is 0 Å².